The summed E-state index contributed by atoms with van der Waals surface area (Å²) in [7, 11) is 0. The monoisotopic (exact) mass is 341 g/mol. The van der Waals surface area contributed by atoms with Crippen molar-refractivity contribution in [1.82, 2.24) is 5.16 Å². The molecule has 0 aliphatic heterocycles. The number of nitrogens with zero attached hydrogens (tertiary/aromatic N) is 1. The van der Waals surface area contributed by atoms with Gasteiger partial charge in [0.1, 0.15) is 5.76 Å². The predicted octanol–water partition coefficient (Wildman–Crippen LogP) is 5.16. The van der Waals surface area contributed by atoms with Gasteiger partial charge in [0.25, 0.3) is 0 Å². The molecule has 3 nitrogen and oxygen atoms in total. The third kappa shape index (κ3) is 3.30. The van der Waals surface area contributed by atoms with E-state index in [0.29, 0.717) is 6.42 Å². The van der Waals surface area contributed by atoms with E-state index < -0.39 is 0 Å². The molecule has 0 saturated carbocycles. The third-order valence-corrected chi connectivity index (χ3v) is 5.39. The van der Waals surface area contributed by atoms with Crippen molar-refractivity contribution >= 4 is 22.7 Å². The molecule has 0 aliphatic rings. The first-order valence-corrected chi connectivity index (χ1v) is 9.21. The zero-order chi connectivity index (χ0) is 15.5. The first kappa shape index (κ1) is 14.5. The summed E-state index contributed by atoms with van der Waals surface area (Å²) in [4.78, 5) is 1.33. The molecule has 0 spiro atoms. The Hall–Kier alpha value is -2.11. The average Bonchev–Trinajstić information content (AvgIpc) is 3.33. The second-order valence-corrected chi connectivity index (χ2v) is 7.22. The molecule has 4 aromatic rings. The lowest BCUT2D eigenvalue weighted by Gasteiger charge is -2.02. The SMILES string of the molecule is c1csc(Cc2c(Cc3ccsc3)noc2Cc2ccoc2)c1. The molecular weight excluding hydrogens is 326 g/mol. The number of aromatic nitrogens is 1. The van der Waals surface area contributed by atoms with E-state index in [1.54, 1.807) is 35.2 Å². The molecule has 4 aromatic heterocycles. The van der Waals surface area contributed by atoms with Crippen LogP contribution in [0.15, 0.2) is 61.9 Å². The highest BCUT2D eigenvalue weighted by atomic mass is 32.1. The number of thiophene rings is 2. The van der Waals surface area contributed by atoms with Crippen molar-refractivity contribution in [3.8, 4) is 0 Å². The fraction of sp³-hybridized carbons (Fsp3) is 0.167. The molecular formula is C18H15NO2S2. The van der Waals surface area contributed by atoms with Crippen LogP contribution in [0, 0.1) is 0 Å². The molecule has 116 valence electrons. The fourth-order valence-corrected chi connectivity index (χ4v) is 4.00. The molecule has 5 heteroatoms. The summed E-state index contributed by atoms with van der Waals surface area (Å²) in [5.74, 6) is 0.935. The van der Waals surface area contributed by atoms with Gasteiger partial charge >= 0.3 is 0 Å². The molecule has 0 aromatic carbocycles. The Morgan fingerprint density at radius 3 is 2.74 bits per heavy atom. The van der Waals surface area contributed by atoms with Gasteiger partial charge in [0.05, 0.1) is 18.2 Å². The summed E-state index contributed by atoms with van der Waals surface area (Å²) in [6.45, 7) is 0. The molecule has 0 unspecified atom stereocenters. The minimum Gasteiger partial charge on any atom is -0.472 e. The summed E-state index contributed by atoms with van der Waals surface area (Å²) in [5.41, 5.74) is 4.64. The maximum absolute atomic E-state index is 5.68. The third-order valence-electron chi connectivity index (χ3n) is 3.78. The highest BCUT2D eigenvalue weighted by Gasteiger charge is 2.18. The lowest BCUT2D eigenvalue weighted by molar-refractivity contribution is 0.383. The van der Waals surface area contributed by atoms with Crippen molar-refractivity contribution in [2.45, 2.75) is 19.3 Å². The largest absolute Gasteiger partial charge is 0.472 e. The minimum atomic E-state index is 0.716. The molecule has 0 saturated heterocycles. The maximum atomic E-state index is 5.68. The fourth-order valence-electron chi connectivity index (χ4n) is 2.61. The summed E-state index contributed by atoms with van der Waals surface area (Å²) in [6, 6.07) is 8.36. The van der Waals surface area contributed by atoms with E-state index in [1.807, 2.05) is 6.07 Å². The van der Waals surface area contributed by atoms with Gasteiger partial charge in [-0.15, -0.1) is 11.3 Å². The number of rotatable bonds is 6. The molecule has 0 fully saturated rings. The topological polar surface area (TPSA) is 39.2 Å². The van der Waals surface area contributed by atoms with Gasteiger partial charge in [-0.05, 0) is 45.5 Å². The van der Waals surface area contributed by atoms with E-state index in [9.17, 15) is 0 Å². The van der Waals surface area contributed by atoms with Crippen LogP contribution in [0.5, 0.6) is 0 Å². The van der Waals surface area contributed by atoms with Gasteiger partial charge in [0, 0.05) is 29.7 Å². The first-order chi connectivity index (χ1) is 11.4. The molecule has 0 atom stereocenters. The molecule has 4 rings (SSSR count). The van der Waals surface area contributed by atoms with Crippen LogP contribution < -0.4 is 0 Å². The van der Waals surface area contributed by atoms with E-state index in [-0.39, 0.29) is 0 Å². The van der Waals surface area contributed by atoms with Gasteiger partial charge in [-0.25, -0.2) is 0 Å². The second kappa shape index (κ2) is 6.56. The summed E-state index contributed by atoms with van der Waals surface area (Å²) in [6.07, 6.45) is 5.85. The van der Waals surface area contributed by atoms with E-state index in [1.165, 1.54) is 16.0 Å². The van der Waals surface area contributed by atoms with Crippen LogP contribution in [0.4, 0.5) is 0 Å². The van der Waals surface area contributed by atoms with Crippen LogP contribution >= 0.6 is 22.7 Å². The Morgan fingerprint density at radius 1 is 1.00 bits per heavy atom. The lowest BCUT2D eigenvalue weighted by Crippen LogP contribution is -1.97. The Kier molecular flexibility index (Phi) is 4.13. The van der Waals surface area contributed by atoms with Gasteiger partial charge in [0.2, 0.25) is 0 Å². The normalized spacial score (nSPS) is 11.1. The average molecular weight is 341 g/mol. The Labute approximate surface area is 142 Å². The van der Waals surface area contributed by atoms with Crippen molar-refractivity contribution in [1.29, 1.82) is 0 Å². The molecule has 4 heterocycles. The van der Waals surface area contributed by atoms with Crippen molar-refractivity contribution < 1.29 is 8.94 Å². The van der Waals surface area contributed by atoms with Gasteiger partial charge in [-0.3, -0.25) is 0 Å². The zero-order valence-electron chi connectivity index (χ0n) is 12.4. The summed E-state index contributed by atoms with van der Waals surface area (Å²) in [5, 5.41) is 10.7. The minimum absolute atomic E-state index is 0.716. The standard InChI is InChI=1S/C18H15NO2S2/c1-2-15(23-6-1)10-16-17(8-14-4-7-22-12-14)19-21-18(16)9-13-3-5-20-11-13/h1-7,11-12H,8-10H2. The quantitative estimate of drug-likeness (QED) is 0.486. The van der Waals surface area contributed by atoms with Crippen LogP contribution in [0.25, 0.3) is 0 Å². The van der Waals surface area contributed by atoms with E-state index in [4.69, 9.17) is 8.94 Å². The van der Waals surface area contributed by atoms with Crippen LogP contribution in [-0.2, 0) is 19.3 Å². The second-order valence-electron chi connectivity index (χ2n) is 5.40. The number of hydrogen-bond donors (Lipinski definition) is 0. The molecule has 0 amide bonds. The molecule has 0 bridgehead atoms. The molecule has 0 radical (unpaired) electrons. The van der Waals surface area contributed by atoms with Crippen LogP contribution in [0.3, 0.4) is 0 Å². The molecule has 0 N–H and O–H groups in total. The number of hydrogen-bond acceptors (Lipinski definition) is 5. The highest BCUT2D eigenvalue weighted by Crippen LogP contribution is 2.26. The van der Waals surface area contributed by atoms with Gasteiger partial charge in [0.15, 0.2) is 0 Å². The van der Waals surface area contributed by atoms with Crippen molar-refractivity contribution in [3.63, 3.8) is 0 Å². The van der Waals surface area contributed by atoms with Crippen molar-refractivity contribution in [2.75, 3.05) is 0 Å². The van der Waals surface area contributed by atoms with E-state index >= 15 is 0 Å². The van der Waals surface area contributed by atoms with E-state index in [2.05, 4.69) is 39.5 Å². The van der Waals surface area contributed by atoms with Gasteiger partial charge < -0.3 is 8.94 Å². The Morgan fingerprint density at radius 2 is 2.00 bits per heavy atom. The van der Waals surface area contributed by atoms with Crippen molar-refractivity contribution in [3.05, 3.63) is 86.0 Å². The van der Waals surface area contributed by atoms with E-state index in [0.717, 1.165) is 29.9 Å². The zero-order valence-corrected chi connectivity index (χ0v) is 14.0. The molecule has 0 aliphatic carbocycles. The van der Waals surface area contributed by atoms with Crippen LogP contribution in [-0.4, -0.2) is 5.16 Å². The Bertz CT molecular complexity index is 790. The summed E-state index contributed by atoms with van der Waals surface area (Å²) < 4.78 is 10.8. The van der Waals surface area contributed by atoms with Crippen LogP contribution in [0.1, 0.15) is 33.0 Å². The van der Waals surface area contributed by atoms with Gasteiger partial charge in [-0.2, -0.15) is 11.3 Å². The first-order valence-electron chi connectivity index (χ1n) is 7.39. The highest BCUT2D eigenvalue weighted by molar-refractivity contribution is 7.09. The smallest absolute Gasteiger partial charge is 0.145 e. The predicted molar refractivity (Wildman–Crippen MR) is 92.3 cm³/mol. The Balaban J connectivity index is 1.66. The van der Waals surface area contributed by atoms with Gasteiger partial charge in [-0.1, -0.05) is 11.2 Å². The van der Waals surface area contributed by atoms with Crippen molar-refractivity contribution in [2.24, 2.45) is 0 Å². The number of furan rings is 1. The maximum Gasteiger partial charge on any atom is 0.145 e. The summed E-state index contributed by atoms with van der Waals surface area (Å²) >= 11 is 3.48. The lowest BCUT2D eigenvalue weighted by atomic mass is 10.0. The van der Waals surface area contributed by atoms with Crippen LogP contribution in [0.2, 0.25) is 0 Å². The molecule has 23 heavy (non-hydrogen) atoms.